The minimum Gasteiger partial charge on any atom is -0.342 e. The summed E-state index contributed by atoms with van der Waals surface area (Å²) in [7, 11) is 0. The lowest BCUT2D eigenvalue weighted by Crippen LogP contribution is -2.48. The number of rotatable bonds is 4. The highest BCUT2D eigenvalue weighted by atomic mass is 19.4. The maximum atomic E-state index is 13.6. The van der Waals surface area contributed by atoms with E-state index in [1.807, 2.05) is 4.90 Å². The summed E-state index contributed by atoms with van der Waals surface area (Å²) in [6.07, 6.45) is 5.22. The van der Waals surface area contributed by atoms with Crippen LogP contribution in [0.25, 0.3) is 0 Å². The van der Waals surface area contributed by atoms with E-state index < -0.39 is 17.7 Å². The summed E-state index contributed by atoms with van der Waals surface area (Å²) in [6.45, 7) is 3.77. The molecule has 0 aromatic heterocycles. The van der Waals surface area contributed by atoms with E-state index >= 15 is 0 Å². The van der Waals surface area contributed by atoms with Crippen LogP contribution in [-0.2, 0) is 11.0 Å². The standard InChI is InChI=1S/C24H33F3N2O/c25-24(26,27)20-10-6-9-19(17-20)22(18-7-2-1-3-8-18)23(30)29-15-11-21(12-16-29)28-13-4-5-14-28/h6,9-10,17-18,21-22H,1-5,7-8,11-16H2. The molecule has 3 fully saturated rings. The molecule has 3 aliphatic rings. The number of hydrogen-bond acceptors (Lipinski definition) is 2. The van der Waals surface area contributed by atoms with E-state index in [4.69, 9.17) is 0 Å². The van der Waals surface area contributed by atoms with Crippen molar-refractivity contribution in [1.82, 2.24) is 9.80 Å². The van der Waals surface area contributed by atoms with E-state index in [0.29, 0.717) is 11.6 Å². The molecule has 2 saturated heterocycles. The van der Waals surface area contributed by atoms with Crippen LogP contribution in [0.1, 0.15) is 74.8 Å². The van der Waals surface area contributed by atoms with Crippen molar-refractivity contribution in [2.24, 2.45) is 5.92 Å². The van der Waals surface area contributed by atoms with Crippen molar-refractivity contribution < 1.29 is 18.0 Å². The molecular weight excluding hydrogens is 389 g/mol. The quantitative estimate of drug-likeness (QED) is 0.644. The van der Waals surface area contributed by atoms with Crippen molar-refractivity contribution in [1.29, 1.82) is 0 Å². The van der Waals surface area contributed by atoms with Gasteiger partial charge in [0.1, 0.15) is 0 Å². The van der Waals surface area contributed by atoms with Crippen LogP contribution in [0.15, 0.2) is 24.3 Å². The number of piperidine rings is 1. The second kappa shape index (κ2) is 9.29. The lowest BCUT2D eigenvalue weighted by Gasteiger charge is -2.40. The Hall–Kier alpha value is -1.56. The molecule has 6 heteroatoms. The second-order valence-electron chi connectivity index (χ2n) is 9.30. The van der Waals surface area contributed by atoms with Crippen molar-refractivity contribution in [3.63, 3.8) is 0 Å². The highest BCUT2D eigenvalue weighted by Crippen LogP contribution is 2.40. The fraction of sp³-hybridized carbons (Fsp3) is 0.708. The molecule has 1 unspecified atom stereocenters. The normalized spacial score (nSPS) is 23.6. The van der Waals surface area contributed by atoms with Gasteiger partial charge >= 0.3 is 6.18 Å². The fourth-order valence-corrected chi connectivity index (χ4v) is 5.75. The lowest BCUT2D eigenvalue weighted by molar-refractivity contribution is -0.139. The van der Waals surface area contributed by atoms with Gasteiger partial charge in [0.2, 0.25) is 5.91 Å². The van der Waals surface area contributed by atoms with Gasteiger partial charge in [0.05, 0.1) is 11.5 Å². The number of nitrogens with zero attached hydrogens (tertiary/aromatic N) is 2. The molecule has 0 N–H and O–H groups in total. The molecule has 3 nitrogen and oxygen atoms in total. The minimum atomic E-state index is -4.38. The van der Waals surface area contributed by atoms with Crippen molar-refractivity contribution in [2.75, 3.05) is 26.2 Å². The first kappa shape index (κ1) is 21.7. The fourth-order valence-electron chi connectivity index (χ4n) is 5.75. The third-order valence-electron chi connectivity index (χ3n) is 7.39. The number of likely N-dealkylation sites (tertiary alicyclic amines) is 2. The van der Waals surface area contributed by atoms with Crippen LogP contribution < -0.4 is 0 Å². The Labute approximate surface area is 177 Å². The molecule has 4 rings (SSSR count). The second-order valence-corrected chi connectivity index (χ2v) is 9.30. The zero-order valence-electron chi connectivity index (χ0n) is 17.7. The van der Waals surface area contributed by atoms with Gasteiger partial charge in [-0.2, -0.15) is 13.2 Å². The van der Waals surface area contributed by atoms with Gasteiger partial charge in [0.25, 0.3) is 0 Å². The molecule has 2 aliphatic heterocycles. The molecule has 0 radical (unpaired) electrons. The van der Waals surface area contributed by atoms with E-state index in [2.05, 4.69) is 4.90 Å². The Morgan fingerprint density at radius 3 is 2.20 bits per heavy atom. The monoisotopic (exact) mass is 422 g/mol. The number of halogens is 3. The van der Waals surface area contributed by atoms with Gasteiger partial charge in [-0.05, 0) is 69.2 Å². The number of hydrogen-bond donors (Lipinski definition) is 0. The first-order chi connectivity index (χ1) is 14.4. The van der Waals surface area contributed by atoms with E-state index in [-0.39, 0.29) is 11.8 Å². The maximum absolute atomic E-state index is 13.6. The molecule has 1 atom stereocenters. The molecule has 0 bridgehead atoms. The van der Waals surface area contributed by atoms with Gasteiger partial charge in [-0.25, -0.2) is 0 Å². The van der Waals surface area contributed by atoms with Gasteiger partial charge in [-0.15, -0.1) is 0 Å². The van der Waals surface area contributed by atoms with E-state index in [1.165, 1.54) is 25.0 Å². The largest absolute Gasteiger partial charge is 0.416 e. The van der Waals surface area contributed by atoms with E-state index in [0.717, 1.165) is 77.2 Å². The topological polar surface area (TPSA) is 23.6 Å². The zero-order chi connectivity index (χ0) is 21.1. The van der Waals surface area contributed by atoms with Crippen LogP contribution in [0.3, 0.4) is 0 Å². The predicted molar refractivity (Wildman–Crippen MR) is 111 cm³/mol. The molecule has 1 aromatic carbocycles. The summed E-state index contributed by atoms with van der Waals surface area (Å²) < 4.78 is 40.0. The van der Waals surface area contributed by atoms with Crippen LogP contribution in [-0.4, -0.2) is 47.9 Å². The van der Waals surface area contributed by atoms with Crippen LogP contribution in [0.2, 0.25) is 0 Å². The lowest BCUT2D eigenvalue weighted by atomic mass is 9.75. The van der Waals surface area contributed by atoms with Gasteiger partial charge in [-0.1, -0.05) is 37.5 Å². The first-order valence-corrected chi connectivity index (χ1v) is 11.6. The van der Waals surface area contributed by atoms with Gasteiger partial charge in [-0.3, -0.25) is 4.79 Å². The molecular formula is C24H33F3N2O. The van der Waals surface area contributed by atoms with Crippen molar-refractivity contribution in [3.8, 4) is 0 Å². The molecule has 1 saturated carbocycles. The summed E-state index contributed by atoms with van der Waals surface area (Å²) in [5, 5.41) is 0. The smallest absolute Gasteiger partial charge is 0.342 e. The third-order valence-corrected chi connectivity index (χ3v) is 7.39. The van der Waals surface area contributed by atoms with Crippen LogP contribution >= 0.6 is 0 Å². The average molecular weight is 423 g/mol. The summed E-state index contributed by atoms with van der Waals surface area (Å²) >= 11 is 0. The summed E-state index contributed by atoms with van der Waals surface area (Å²) in [6, 6.07) is 6.06. The molecule has 30 heavy (non-hydrogen) atoms. The number of benzene rings is 1. The van der Waals surface area contributed by atoms with Crippen molar-refractivity contribution in [2.45, 2.75) is 75.9 Å². The Morgan fingerprint density at radius 1 is 0.900 bits per heavy atom. The molecule has 166 valence electrons. The van der Waals surface area contributed by atoms with Gasteiger partial charge in [0.15, 0.2) is 0 Å². The molecule has 1 amide bonds. The Balaban J connectivity index is 1.52. The van der Waals surface area contributed by atoms with Gasteiger partial charge in [0, 0.05) is 19.1 Å². The zero-order valence-corrected chi connectivity index (χ0v) is 17.7. The summed E-state index contributed by atoms with van der Waals surface area (Å²) in [5.41, 5.74) is -0.107. The highest BCUT2D eigenvalue weighted by molar-refractivity contribution is 5.84. The van der Waals surface area contributed by atoms with Crippen molar-refractivity contribution >= 4 is 5.91 Å². The molecule has 2 heterocycles. The maximum Gasteiger partial charge on any atom is 0.416 e. The number of amides is 1. The van der Waals surface area contributed by atoms with E-state index in [1.54, 1.807) is 6.07 Å². The summed E-state index contributed by atoms with van der Waals surface area (Å²) in [5.74, 6) is -0.261. The van der Waals surface area contributed by atoms with Gasteiger partial charge < -0.3 is 9.80 Å². The molecule has 1 aliphatic carbocycles. The molecule has 0 spiro atoms. The first-order valence-electron chi connectivity index (χ1n) is 11.6. The molecule has 1 aromatic rings. The SMILES string of the molecule is O=C(C(c1cccc(C(F)(F)F)c1)C1CCCCC1)N1CCC(N2CCCC2)CC1. The summed E-state index contributed by atoms with van der Waals surface area (Å²) in [4.78, 5) is 18.1. The van der Waals surface area contributed by atoms with Crippen LogP contribution in [0, 0.1) is 5.92 Å². The van der Waals surface area contributed by atoms with Crippen LogP contribution in [0.5, 0.6) is 0 Å². The number of carbonyl (C=O) groups is 1. The van der Waals surface area contributed by atoms with Crippen LogP contribution in [0.4, 0.5) is 13.2 Å². The third kappa shape index (κ3) is 4.84. The number of alkyl halides is 3. The highest BCUT2D eigenvalue weighted by Gasteiger charge is 2.38. The Kier molecular flexibility index (Phi) is 6.71. The minimum absolute atomic E-state index is 0.0427. The number of carbonyl (C=O) groups excluding carboxylic acids is 1. The Bertz CT molecular complexity index is 715. The van der Waals surface area contributed by atoms with E-state index in [9.17, 15) is 18.0 Å². The Morgan fingerprint density at radius 2 is 1.57 bits per heavy atom. The predicted octanol–water partition coefficient (Wildman–Crippen LogP) is 5.46. The van der Waals surface area contributed by atoms with Crippen molar-refractivity contribution in [3.05, 3.63) is 35.4 Å². The average Bonchev–Trinajstić information content (AvgIpc) is 3.29.